The zero-order chi connectivity index (χ0) is 8.86. The van der Waals surface area contributed by atoms with Crippen LogP contribution < -0.4 is 51.4 Å². The van der Waals surface area contributed by atoms with Crippen LogP contribution in [0.15, 0.2) is 0 Å². The summed E-state index contributed by atoms with van der Waals surface area (Å²) in [6, 6.07) is 0. The average Bonchev–Trinajstić information content (AvgIpc) is 2.30. The van der Waals surface area contributed by atoms with Crippen LogP contribution in [-0.4, -0.2) is 6.98 Å². The molecule has 0 spiro atoms. The second-order valence-electron chi connectivity index (χ2n) is 4.50. The van der Waals surface area contributed by atoms with Gasteiger partial charge < -0.3 is 12.9 Å². The third kappa shape index (κ3) is 3.33. The van der Waals surface area contributed by atoms with Crippen LogP contribution in [0.5, 0.6) is 0 Å². The van der Waals surface area contributed by atoms with E-state index in [1.165, 1.54) is 0 Å². The van der Waals surface area contributed by atoms with Gasteiger partial charge >= 0.3 is 58.4 Å². The number of rotatable bonds is 1. The van der Waals surface area contributed by atoms with Gasteiger partial charge in [0.1, 0.15) is 0 Å². The molecule has 0 aromatic rings. The average molecular weight is 204 g/mol. The van der Waals surface area contributed by atoms with E-state index in [0.29, 0.717) is 6.42 Å². The Labute approximate surface area is 114 Å². The van der Waals surface area contributed by atoms with E-state index in [1.807, 2.05) is 20.8 Å². The zero-order valence-electron chi connectivity index (χ0n) is 8.07. The van der Waals surface area contributed by atoms with Gasteiger partial charge in [0, 0.05) is 0 Å². The summed E-state index contributed by atoms with van der Waals surface area (Å²) < 4.78 is 36.3. The van der Waals surface area contributed by atoms with Crippen molar-refractivity contribution in [1.82, 2.24) is 0 Å². The largest absolute Gasteiger partial charge is 1.00 e. The molecule has 2 unspecified atom stereocenters. The van der Waals surface area contributed by atoms with E-state index in [0.717, 1.165) is 0 Å². The molecule has 66 valence electrons. The Morgan fingerprint density at radius 1 is 1.17 bits per heavy atom. The van der Waals surface area contributed by atoms with Gasteiger partial charge in [-0.1, -0.05) is 38.9 Å². The summed E-state index contributed by atoms with van der Waals surface area (Å²) in [6.45, 7) is 1.06. The van der Waals surface area contributed by atoms with Crippen molar-refractivity contribution in [3.05, 3.63) is 0 Å². The molecule has 0 aliphatic heterocycles. The van der Waals surface area contributed by atoms with Crippen LogP contribution in [-0.2, 0) is 0 Å². The van der Waals surface area contributed by atoms with E-state index >= 15 is 0 Å². The van der Waals surface area contributed by atoms with Crippen LogP contribution in [0.4, 0.5) is 12.9 Å². The van der Waals surface area contributed by atoms with Gasteiger partial charge in [-0.3, -0.25) is 0 Å². The fourth-order valence-electron chi connectivity index (χ4n) is 1.63. The van der Waals surface area contributed by atoms with Crippen LogP contribution in [0.25, 0.3) is 0 Å². The van der Waals surface area contributed by atoms with Crippen molar-refractivity contribution in [3.8, 4) is 0 Å². The van der Waals surface area contributed by atoms with Crippen molar-refractivity contribution >= 4 is 6.98 Å². The molecular formula is C7H13BF3K. The van der Waals surface area contributed by atoms with E-state index in [4.69, 9.17) is 0 Å². The second-order valence-corrected chi connectivity index (χ2v) is 4.50. The molecular weight excluding hydrogens is 191 g/mol. The minimum Gasteiger partial charge on any atom is -0.449 e. The molecule has 0 bridgehead atoms. The summed E-state index contributed by atoms with van der Waals surface area (Å²) in [6.07, 6.45) is 0.354. The smallest absolute Gasteiger partial charge is 0.449 e. The molecule has 1 fully saturated rings. The van der Waals surface area contributed by atoms with Gasteiger partial charge in [-0.15, -0.1) is 0 Å². The van der Waals surface area contributed by atoms with Gasteiger partial charge in [0.05, 0.1) is 0 Å². The molecule has 1 rings (SSSR count). The molecule has 0 heterocycles. The molecule has 0 nitrogen and oxygen atoms in total. The molecule has 1 saturated carbocycles. The van der Waals surface area contributed by atoms with Gasteiger partial charge in [-0.05, 0) is 5.41 Å². The van der Waals surface area contributed by atoms with Crippen molar-refractivity contribution in [2.24, 2.45) is 11.3 Å². The Hall–Kier alpha value is 1.49. The summed E-state index contributed by atoms with van der Waals surface area (Å²) in [5.74, 6) is -1.09. The first-order valence-electron chi connectivity index (χ1n) is 3.93. The van der Waals surface area contributed by atoms with Crippen molar-refractivity contribution in [2.45, 2.75) is 33.0 Å². The molecule has 1 aliphatic carbocycles. The Kier molecular flexibility index (Phi) is 4.42. The van der Waals surface area contributed by atoms with E-state index in [1.54, 1.807) is 0 Å². The van der Waals surface area contributed by atoms with Crippen LogP contribution in [0.3, 0.4) is 0 Å². The molecule has 0 radical (unpaired) electrons. The fraction of sp³-hybridized carbons (Fsp3) is 1.00. The fourth-order valence-corrected chi connectivity index (χ4v) is 1.63. The summed E-state index contributed by atoms with van der Waals surface area (Å²) >= 11 is 0. The molecule has 0 aromatic carbocycles. The number of hydrogen-bond donors (Lipinski definition) is 0. The molecule has 0 N–H and O–H groups in total. The van der Waals surface area contributed by atoms with E-state index in [2.05, 4.69) is 0 Å². The first-order valence-corrected chi connectivity index (χ1v) is 3.93. The third-order valence-corrected chi connectivity index (χ3v) is 2.44. The van der Waals surface area contributed by atoms with E-state index < -0.39 is 12.8 Å². The second kappa shape index (κ2) is 3.93. The molecule has 0 aromatic heterocycles. The molecule has 2 atom stereocenters. The van der Waals surface area contributed by atoms with Crippen LogP contribution >= 0.6 is 0 Å². The number of halogens is 3. The SMILES string of the molecule is CC(C)(C)C1CC1[B-](F)(F)F.[K+]. The molecule has 1 aliphatic rings. The summed E-state index contributed by atoms with van der Waals surface area (Å²) in [4.78, 5) is 0. The maximum atomic E-state index is 12.1. The minimum atomic E-state index is -4.56. The normalized spacial score (nSPS) is 29.5. The predicted octanol–water partition coefficient (Wildman–Crippen LogP) is 0.274. The van der Waals surface area contributed by atoms with Crippen LogP contribution in [0, 0.1) is 11.3 Å². The first kappa shape index (κ1) is 13.5. The predicted molar refractivity (Wildman–Crippen MR) is 40.4 cm³/mol. The van der Waals surface area contributed by atoms with Gasteiger partial charge in [-0.2, -0.15) is 0 Å². The molecule has 5 heteroatoms. The zero-order valence-corrected chi connectivity index (χ0v) is 11.2. The number of hydrogen-bond acceptors (Lipinski definition) is 0. The van der Waals surface area contributed by atoms with Crippen LogP contribution in [0.2, 0.25) is 5.82 Å². The van der Waals surface area contributed by atoms with Gasteiger partial charge in [0.15, 0.2) is 0 Å². The van der Waals surface area contributed by atoms with Crippen molar-refractivity contribution in [2.75, 3.05) is 0 Å². The maximum Gasteiger partial charge on any atom is 1.00 e. The Bertz CT molecular complexity index is 143. The van der Waals surface area contributed by atoms with Gasteiger partial charge in [0.2, 0.25) is 0 Å². The van der Waals surface area contributed by atoms with Gasteiger partial charge in [0.25, 0.3) is 0 Å². The molecule has 0 saturated heterocycles. The molecule has 12 heavy (non-hydrogen) atoms. The van der Waals surface area contributed by atoms with E-state index in [-0.39, 0.29) is 62.7 Å². The topological polar surface area (TPSA) is 0 Å². The summed E-state index contributed by atoms with van der Waals surface area (Å²) in [5.41, 5.74) is -0.165. The first-order chi connectivity index (χ1) is 4.73. The van der Waals surface area contributed by atoms with Crippen molar-refractivity contribution in [3.63, 3.8) is 0 Å². The third-order valence-electron chi connectivity index (χ3n) is 2.44. The standard InChI is InChI=1S/C7H13BF3.K/c1-7(2,3)5-4-6(5)8(9,10)11;/h5-6H,4H2,1-3H3;/q-1;+1. The maximum absolute atomic E-state index is 12.1. The quantitative estimate of drug-likeness (QED) is 0.538. The minimum absolute atomic E-state index is 0. The Morgan fingerprint density at radius 2 is 1.58 bits per heavy atom. The van der Waals surface area contributed by atoms with Crippen LogP contribution in [0.1, 0.15) is 27.2 Å². The van der Waals surface area contributed by atoms with Crippen molar-refractivity contribution in [1.29, 1.82) is 0 Å². The Balaban J connectivity index is 0.00000121. The molecule has 0 amide bonds. The summed E-state index contributed by atoms with van der Waals surface area (Å²) in [5, 5.41) is 0. The monoisotopic (exact) mass is 204 g/mol. The van der Waals surface area contributed by atoms with Crippen molar-refractivity contribution < 1.29 is 64.3 Å². The van der Waals surface area contributed by atoms with E-state index in [9.17, 15) is 12.9 Å². The Morgan fingerprint density at radius 3 is 1.67 bits per heavy atom. The van der Waals surface area contributed by atoms with Gasteiger partial charge in [-0.25, -0.2) is 0 Å². The summed E-state index contributed by atoms with van der Waals surface area (Å²) in [7, 11) is 0.